The quantitative estimate of drug-likeness (QED) is 0.422. The minimum absolute atomic E-state index is 0.123. The second kappa shape index (κ2) is 10.4. The minimum atomic E-state index is -0.780. The SMILES string of the molecule is CC[C@H](C)[C@@H](NC(=O)c1cc(Cl)cc(Cl)c1)C(=O)Nc1nnc(-c2ccc(Cl)cc2)s1. The number of nitrogens with zero attached hydrogens (tertiary/aromatic N) is 2. The van der Waals surface area contributed by atoms with E-state index in [0.717, 1.165) is 5.56 Å². The number of carbonyl (C=O) groups excluding carboxylic acids is 2. The van der Waals surface area contributed by atoms with Crippen LogP contribution in [0.5, 0.6) is 0 Å². The zero-order valence-corrected chi connectivity index (χ0v) is 19.7. The van der Waals surface area contributed by atoms with Crippen molar-refractivity contribution in [2.75, 3.05) is 5.32 Å². The van der Waals surface area contributed by atoms with Gasteiger partial charge in [0.1, 0.15) is 11.0 Å². The normalized spacial score (nSPS) is 12.8. The van der Waals surface area contributed by atoms with E-state index in [0.29, 0.717) is 31.6 Å². The van der Waals surface area contributed by atoms with Gasteiger partial charge in [0.15, 0.2) is 0 Å². The fraction of sp³-hybridized carbons (Fsp3) is 0.238. The van der Waals surface area contributed by atoms with Gasteiger partial charge >= 0.3 is 0 Å². The van der Waals surface area contributed by atoms with Crippen LogP contribution in [-0.2, 0) is 4.79 Å². The topological polar surface area (TPSA) is 84.0 Å². The van der Waals surface area contributed by atoms with Crippen molar-refractivity contribution in [3.63, 3.8) is 0 Å². The summed E-state index contributed by atoms with van der Waals surface area (Å²) < 4.78 is 0. The summed E-state index contributed by atoms with van der Waals surface area (Å²) in [5, 5.41) is 16.0. The van der Waals surface area contributed by atoms with Gasteiger partial charge in [-0.25, -0.2) is 0 Å². The second-order valence-corrected chi connectivity index (χ2v) is 9.19. The molecule has 0 aliphatic carbocycles. The van der Waals surface area contributed by atoms with Crippen LogP contribution in [0.2, 0.25) is 15.1 Å². The molecule has 1 heterocycles. The molecule has 2 aromatic carbocycles. The first-order valence-electron chi connectivity index (χ1n) is 9.44. The van der Waals surface area contributed by atoms with E-state index in [1.807, 2.05) is 26.0 Å². The van der Waals surface area contributed by atoms with Gasteiger partial charge in [0.25, 0.3) is 5.91 Å². The Hall–Kier alpha value is -2.19. The Morgan fingerprint density at radius 1 is 1.00 bits per heavy atom. The predicted octanol–water partition coefficient (Wildman–Crippen LogP) is 5.95. The van der Waals surface area contributed by atoms with Gasteiger partial charge in [0.2, 0.25) is 11.0 Å². The molecule has 2 atom stereocenters. The third kappa shape index (κ3) is 6.17. The van der Waals surface area contributed by atoms with E-state index < -0.39 is 11.9 Å². The van der Waals surface area contributed by atoms with Crippen molar-refractivity contribution in [3.05, 3.63) is 63.1 Å². The predicted molar refractivity (Wildman–Crippen MR) is 126 cm³/mol. The van der Waals surface area contributed by atoms with Crippen LogP contribution in [0.1, 0.15) is 30.6 Å². The molecule has 0 aliphatic heterocycles. The van der Waals surface area contributed by atoms with Crippen molar-refractivity contribution >= 4 is 63.1 Å². The summed E-state index contributed by atoms with van der Waals surface area (Å²) in [6.07, 6.45) is 0.681. The number of halogens is 3. The van der Waals surface area contributed by atoms with Crippen LogP contribution in [-0.4, -0.2) is 28.1 Å². The van der Waals surface area contributed by atoms with E-state index in [1.54, 1.807) is 12.1 Å². The van der Waals surface area contributed by atoms with E-state index in [1.165, 1.54) is 29.5 Å². The lowest BCUT2D eigenvalue weighted by Gasteiger charge is -2.23. The summed E-state index contributed by atoms with van der Waals surface area (Å²) in [6.45, 7) is 3.83. The van der Waals surface area contributed by atoms with Crippen LogP contribution in [0.15, 0.2) is 42.5 Å². The molecule has 3 rings (SSSR count). The van der Waals surface area contributed by atoms with E-state index in [9.17, 15) is 9.59 Å². The van der Waals surface area contributed by atoms with Crippen molar-refractivity contribution < 1.29 is 9.59 Å². The number of hydrogen-bond acceptors (Lipinski definition) is 5. The number of aromatic nitrogens is 2. The van der Waals surface area contributed by atoms with E-state index >= 15 is 0 Å². The molecule has 31 heavy (non-hydrogen) atoms. The van der Waals surface area contributed by atoms with Crippen molar-refractivity contribution in [1.29, 1.82) is 0 Å². The molecule has 0 bridgehead atoms. The maximum atomic E-state index is 12.9. The Morgan fingerprint density at radius 3 is 2.26 bits per heavy atom. The number of hydrogen-bond donors (Lipinski definition) is 2. The first-order chi connectivity index (χ1) is 14.8. The van der Waals surface area contributed by atoms with Crippen molar-refractivity contribution in [3.8, 4) is 10.6 Å². The number of benzene rings is 2. The highest BCUT2D eigenvalue weighted by atomic mass is 35.5. The molecular formula is C21H19Cl3N4O2S. The standard InChI is InChI=1S/C21H19Cl3N4O2S/c1-3-11(2)17(25-18(29)13-8-15(23)10-16(24)9-13)19(30)26-21-28-27-20(31-21)12-4-6-14(22)7-5-12/h4-11,17H,3H2,1-2H3,(H,25,29)(H,26,28,30)/t11-,17+/m0/s1. The number of nitrogens with one attached hydrogen (secondary N) is 2. The first-order valence-corrected chi connectivity index (χ1v) is 11.4. The highest BCUT2D eigenvalue weighted by molar-refractivity contribution is 7.18. The van der Waals surface area contributed by atoms with Crippen LogP contribution in [0.3, 0.4) is 0 Å². The van der Waals surface area contributed by atoms with Gasteiger partial charge in [0.05, 0.1) is 0 Å². The molecule has 0 unspecified atom stereocenters. The van der Waals surface area contributed by atoms with E-state index in [-0.39, 0.29) is 17.4 Å². The maximum Gasteiger partial charge on any atom is 0.252 e. The summed E-state index contributed by atoms with van der Waals surface area (Å²) in [7, 11) is 0. The molecule has 3 aromatic rings. The van der Waals surface area contributed by atoms with Gasteiger partial charge in [-0.3, -0.25) is 14.9 Å². The van der Waals surface area contributed by atoms with Crippen LogP contribution in [0.25, 0.3) is 10.6 Å². The summed E-state index contributed by atoms with van der Waals surface area (Å²) in [5.74, 6) is -0.944. The van der Waals surface area contributed by atoms with Gasteiger partial charge in [0, 0.05) is 26.2 Å². The molecule has 2 amide bonds. The molecule has 2 N–H and O–H groups in total. The second-order valence-electron chi connectivity index (χ2n) is 6.90. The highest BCUT2D eigenvalue weighted by Crippen LogP contribution is 2.27. The van der Waals surface area contributed by atoms with E-state index in [4.69, 9.17) is 34.8 Å². The number of carbonyl (C=O) groups is 2. The zero-order chi connectivity index (χ0) is 22.5. The number of anilines is 1. The summed E-state index contributed by atoms with van der Waals surface area (Å²) >= 11 is 19.1. The molecule has 0 fully saturated rings. The fourth-order valence-electron chi connectivity index (χ4n) is 2.78. The van der Waals surface area contributed by atoms with Crippen molar-refractivity contribution in [1.82, 2.24) is 15.5 Å². The molecule has 10 heteroatoms. The average Bonchev–Trinajstić information content (AvgIpc) is 3.19. The molecule has 0 aliphatic rings. The Balaban J connectivity index is 1.74. The molecular weight excluding hydrogens is 479 g/mol. The van der Waals surface area contributed by atoms with Crippen molar-refractivity contribution in [2.45, 2.75) is 26.3 Å². The average molecular weight is 498 g/mol. The van der Waals surface area contributed by atoms with Crippen LogP contribution in [0.4, 0.5) is 5.13 Å². The molecule has 0 saturated heterocycles. The van der Waals surface area contributed by atoms with Gasteiger partial charge < -0.3 is 5.32 Å². The Morgan fingerprint density at radius 2 is 1.65 bits per heavy atom. The summed E-state index contributed by atoms with van der Waals surface area (Å²) in [5.41, 5.74) is 1.12. The Kier molecular flexibility index (Phi) is 7.89. The molecule has 162 valence electrons. The lowest BCUT2D eigenvalue weighted by atomic mass is 9.98. The lowest BCUT2D eigenvalue weighted by Crippen LogP contribution is -2.47. The molecule has 0 radical (unpaired) electrons. The first kappa shape index (κ1) is 23.5. The monoisotopic (exact) mass is 496 g/mol. The van der Waals surface area contributed by atoms with E-state index in [2.05, 4.69) is 20.8 Å². The molecule has 0 saturated carbocycles. The van der Waals surface area contributed by atoms with Gasteiger partial charge in [-0.2, -0.15) is 0 Å². The largest absolute Gasteiger partial charge is 0.340 e. The third-order valence-corrected chi connectivity index (χ3v) is 6.23. The highest BCUT2D eigenvalue weighted by Gasteiger charge is 2.27. The summed E-state index contributed by atoms with van der Waals surface area (Å²) in [4.78, 5) is 25.7. The third-order valence-electron chi connectivity index (χ3n) is 4.65. The van der Waals surface area contributed by atoms with Crippen LogP contribution in [0, 0.1) is 5.92 Å². The van der Waals surface area contributed by atoms with Crippen molar-refractivity contribution in [2.24, 2.45) is 5.92 Å². The molecule has 1 aromatic heterocycles. The van der Waals surface area contributed by atoms with Gasteiger partial charge in [-0.1, -0.05) is 78.5 Å². The van der Waals surface area contributed by atoms with Gasteiger partial charge in [-0.05, 0) is 36.2 Å². The fourth-order valence-corrected chi connectivity index (χ4v) is 4.18. The zero-order valence-electron chi connectivity index (χ0n) is 16.7. The summed E-state index contributed by atoms with van der Waals surface area (Å²) in [6, 6.07) is 10.9. The lowest BCUT2D eigenvalue weighted by molar-refractivity contribution is -0.119. The van der Waals surface area contributed by atoms with Crippen LogP contribution >= 0.6 is 46.1 Å². The molecule has 0 spiro atoms. The smallest absolute Gasteiger partial charge is 0.252 e. The maximum absolute atomic E-state index is 12.9. The van der Waals surface area contributed by atoms with Crippen LogP contribution < -0.4 is 10.6 Å². The molecule has 6 nitrogen and oxygen atoms in total. The Bertz CT molecular complexity index is 1070. The minimum Gasteiger partial charge on any atom is -0.340 e. The number of rotatable bonds is 7. The Labute approximate surface area is 198 Å². The van der Waals surface area contributed by atoms with Gasteiger partial charge in [-0.15, -0.1) is 10.2 Å². The number of amides is 2.